The van der Waals surface area contributed by atoms with Crippen molar-refractivity contribution < 1.29 is 14.3 Å². The fraction of sp³-hybridized carbons (Fsp3) is 0.788. The first-order chi connectivity index (χ1) is 17.3. The average Bonchev–Trinajstić information content (AvgIpc) is 2.83. The molecule has 3 unspecified atom stereocenters. The number of nitriles is 1. The number of carbonyl (C=O) groups is 2. The Labute approximate surface area is 224 Å². The van der Waals surface area contributed by atoms with E-state index in [1.807, 2.05) is 19.1 Å². The van der Waals surface area contributed by atoms with Gasteiger partial charge in [-0.25, -0.2) is 0 Å². The largest absolute Gasteiger partial charge is 0.385 e. The van der Waals surface area contributed by atoms with Gasteiger partial charge in [0.05, 0.1) is 5.57 Å². The standard InChI is InChI=1S/C33H47NO3/c1-21-23-9-11-31(5)26(30(23,4)18-22(20-34)28(21)36)17-25(35)27-24-19-29(2,3)12-14-33(24,10-8-16-37-7)15-13-32(27,31)6/h17-18,21,23-24,27H,8-16,19H2,1-7H3/t21-,23?,24?,27?,30-,31+,32+,33+/m0/s1. The highest BCUT2D eigenvalue weighted by Crippen LogP contribution is 2.74. The van der Waals surface area contributed by atoms with E-state index in [1.165, 1.54) is 24.8 Å². The van der Waals surface area contributed by atoms with Gasteiger partial charge in [-0.15, -0.1) is 0 Å². The van der Waals surface area contributed by atoms with Crippen LogP contribution in [0.2, 0.25) is 0 Å². The van der Waals surface area contributed by atoms with Crippen molar-refractivity contribution >= 4 is 11.6 Å². The second-order valence-corrected chi connectivity index (χ2v) is 14.9. The Morgan fingerprint density at radius 2 is 1.73 bits per heavy atom. The van der Waals surface area contributed by atoms with Crippen LogP contribution in [0.4, 0.5) is 0 Å². The van der Waals surface area contributed by atoms with Crippen LogP contribution in [0.1, 0.15) is 99.3 Å². The van der Waals surface area contributed by atoms with E-state index < -0.39 is 5.41 Å². The molecule has 0 N–H and O–H groups in total. The fourth-order valence-electron chi connectivity index (χ4n) is 10.4. The zero-order valence-electron chi connectivity index (χ0n) is 24.2. The molecule has 202 valence electrons. The molecule has 5 rings (SSSR count). The number of hydrogen-bond donors (Lipinski definition) is 0. The highest BCUT2D eigenvalue weighted by Gasteiger charge is 2.68. The second kappa shape index (κ2) is 8.64. The third kappa shape index (κ3) is 3.62. The molecule has 0 aliphatic heterocycles. The van der Waals surface area contributed by atoms with Gasteiger partial charge in [-0.05, 0) is 97.4 Å². The van der Waals surface area contributed by atoms with Crippen molar-refractivity contribution in [2.75, 3.05) is 13.7 Å². The van der Waals surface area contributed by atoms with Crippen LogP contribution < -0.4 is 0 Å². The summed E-state index contributed by atoms with van der Waals surface area (Å²) in [5.74, 6) is 0.690. The quantitative estimate of drug-likeness (QED) is 0.378. The Bertz CT molecular complexity index is 1110. The van der Waals surface area contributed by atoms with E-state index in [0.29, 0.717) is 11.7 Å². The number of methoxy groups -OCH3 is 1. The van der Waals surface area contributed by atoms with Gasteiger partial charge < -0.3 is 4.74 Å². The molecule has 5 aliphatic carbocycles. The first-order valence-electron chi connectivity index (χ1n) is 14.7. The van der Waals surface area contributed by atoms with E-state index >= 15 is 0 Å². The Morgan fingerprint density at radius 1 is 1.03 bits per heavy atom. The first kappa shape index (κ1) is 26.9. The maximum Gasteiger partial charge on any atom is 0.176 e. The van der Waals surface area contributed by atoms with Gasteiger partial charge in [0.15, 0.2) is 11.6 Å². The molecule has 3 saturated carbocycles. The maximum atomic E-state index is 14.4. The minimum Gasteiger partial charge on any atom is -0.385 e. The van der Waals surface area contributed by atoms with Crippen LogP contribution in [-0.2, 0) is 14.3 Å². The summed E-state index contributed by atoms with van der Waals surface area (Å²) < 4.78 is 5.45. The van der Waals surface area contributed by atoms with Crippen molar-refractivity contribution in [1.29, 1.82) is 5.26 Å². The van der Waals surface area contributed by atoms with Crippen LogP contribution in [0.25, 0.3) is 0 Å². The van der Waals surface area contributed by atoms with Crippen molar-refractivity contribution in [2.24, 2.45) is 50.7 Å². The van der Waals surface area contributed by atoms with Gasteiger partial charge in [-0.1, -0.05) is 53.2 Å². The molecule has 0 bridgehead atoms. The zero-order valence-corrected chi connectivity index (χ0v) is 24.2. The summed E-state index contributed by atoms with van der Waals surface area (Å²) in [5.41, 5.74) is 1.32. The summed E-state index contributed by atoms with van der Waals surface area (Å²) >= 11 is 0. The predicted octanol–water partition coefficient (Wildman–Crippen LogP) is 7.24. The minimum atomic E-state index is -0.423. The molecule has 0 aromatic carbocycles. The summed E-state index contributed by atoms with van der Waals surface area (Å²) in [6.07, 6.45) is 14.0. The third-order valence-corrected chi connectivity index (χ3v) is 12.7. The summed E-state index contributed by atoms with van der Waals surface area (Å²) in [7, 11) is 1.79. The number of rotatable bonds is 4. The lowest BCUT2D eigenvalue weighted by molar-refractivity contribution is -0.171. The van der Waals surface area contributed by atoms with Gasteiger partial charge in [-0.2, -0.15) is 5.26 Å². The Balaban J connectivity index is 1.63. The minimum absolute atomic E-state index is 0.0247. The third-order valence-electron chi connectivity index (χ3n) is 12.7. The molecule has 0 radical (unpaired) electrons. The molecule has 0 spiro atoms. The topological polar surface area (TPSA) is 67.2 Å². The van der Waals surface area contributed by atoms with Gasteiger partial charge in [0.1, 0.15) is 6.07 Å². The number of hydrogen-bond acceptors (Lipinski definition) is 4. The van der Waals surface area contributed by atoms with Crippen LogP contribution >= 0.6 is 0 Å². The van der Waals surface area contributed by atoms with E-state index in [4.69, 9.17) is 4.74 Å². The molecule has 5 aliphatic rings. The summed E-state index contributed by atoms with van der Waals surface area (Å²) in [4.78, 5) is 27.4. The molecule has 3 fully saturated rings. The lowest BCUT2D eigenvalue weighted by Crippen LogP contribution is -2.64. The van der Waals surface area contributed by atoms with Gasteiger partial charge in [0.2, 0.25) is 0 Å². The Morgan fingerprint density at radius 3 is 2.41 bits per heavy atom. The van der Waals surface area contributed by atoms with Crippen LogP contribution in [-0.4, -0.2) is 25.3 Å². The number of ketones is 2. The van der Waals surface area contributed by atoms with Crippen molar-refractivity contribution in [3.8, 4) is 6.07 Å². The van der Waals surface area contributed by atoms with Crippen LogP contribution in [0.15, 0.2) is 23.3 Å². The number of allylic oxidation sites excluding steroid dienone is 4. The summed E-state index contributed by atoms with van der Waals surface area (Å²) in [6, 6.07) is 2.19. The van der Waals surface area contributed by atoms with E-state index in [2.05, 4.69) is 40.7 Å². The fourth-order valence-corrected chi connectivity index (χ4v) is 10.4. The highest BCUT2D eigenvalue weighted by molar-refractivity contribution is 6.02. The monoisotopic (exact) mass is 505 g/mol. The van der Waals surface area contributed by atoms with E-state index in [9.17, 15) is 14.9 Å². The van der Waals surface area contributed by atoms with Gasteiger partial charge in [0.25, 0.3) is 0 Å². The molecule has 0 heterocycles. The van der Waals surface area contributed by atoms with E-state index in [0.717, 1.165) is 45.1 Å². The van der Waals surface area contributed by atoms with E-state index in [1.54, 1.807) is 7.11 Å². The van der Waals surface area contributed by atoms with Crippen molar-refractivity contribution in [3.05, 3.63) is 23.3 Å². The second-order valence-electron chi connectivity index (χ2n) is 14.9. The first-order valence-corrected chi connectivity index (χ1v) is 14.7. The van der Waals surface area contributed by atoms with Gasteiger partial charge in [0, 0.05) is 31.0 Å². The molecular formula is C33H47NO3. The lowest BCUT2D eigenvalue weighted by atomic mass is 9.34. The predicted molar refractivity (Wildman–Crippen MR) is 145 cm³/mol. The van der Waals surface area contributed by atoms with Crippen LogP contribution in [0.5, 0.6) is 0 Å². The average molecular weight is 506 g/mol. The van der Waals surface area contributed by atoms with Crippen molar-refractivity contribution in [1.82, 2.24) is 0 Å². The number of ether oxygens (including phenoxy) is 1. The molecule has 4 nitrogen and oxygen atoms in total. The van der Waals surface area contributed by atoms with Crippen LogP contribution in [0.3, 0.4) is 0 Å². The van der Waals surface area contributed by atoms with Crippen molar-refractivity contribution in [3.63, 3.8) is 0 Å². The van der Waals surface area contributed by atoms with Gasteiger partial charge in [-0.3, -0.25) is 9.59 Å². The SMILES string of the molecule is COCCC[C@]12CCC(C)(C)CC1C1C(=O)C=C3[C@@]4(C)C=C(C#N)C(=O)[C@@H](C)C4CC[C@@]3(C)[C@]1(C)CC2. The molecular weight excluding hydrogens is 458 g/mol. The number of fused-ring (bicyclic) bond motifs is 7. The van der Waals surface area contributed by atoms with Crippen molar-refractivity contribution in [2.45, 2.75) is 99.3 Å². The highest BCUT2D eigenvalue weighted by atomic mass is 16.5. The normalized spacial score (nSPS) is 46.4. The number of Topliss-reactive ketones (excluding diaryl/α,β-unsaturated/α-hetero) is 1. The zero-order chi connectivity index (χ0) is 27.0. The summed E-state index contributed by atoms with van der Waals surface area (Å²) in [6.45, 7) is 14.6. The summed E-state index contributed by atoms with van der Waals surface area (Å²) in [5, 5.41) is 9.80. The smallest absolute Gasteiger partial charge is 0.176 e. The Kier molecular flexibility index (Phi) is 6.27. The molecule has 0 saturated heterocycles. The number of nitrogens with zero attached hydrogens (tertiary/aromatic N) is 1. The molecule has 4 heteroatoms. The lowest BCUT2D eigenvalue weighted by Gasteiger charge is -2.69. The molecule has 0 amide bonds. The molecule has 37 heavy (non-hydrogen) atoms. The van der Waals surface area contributed by atoms with Gasteiger partial charge >= 0.3 is 0 Å². The molecule has 0 aromatic heterocycles. The molecule has 8 atom stereocenters. The maximum absolute atomic E-state index is 14.4. The number of carbonyl (C=O) groups excluding carboxylic acids is 2. The van der Waals surface area contributed by atoms with Crippen LogP contribution in [0, 0.1) is 62.1 Å². The Hall–Kier alpha value is -1.73. The molecule has 0 aromatic rings. The van der Waals surface area contributed by atoms with E-state index in [-0.39, 0.29) is 50.8 Å².